The van der Waals surface area contributed by atoms with Gasteiger partial charge in [0.1, 0.15) is 25.1 Å². The zero-order valence-electron chi connectivity index (χ0n) is 14.0. The third-order valence-electron chi connectivity index (χ3n) is 3.35. The maximum atomic E-state index is 12.3. The van der Waals surface area contributed by atoms with Crippen molar-refractivity contribution in [1.82, 2.24) is 0 Å². The molecule has 0 aromatic heterocycles. The van der Waals surface area contributed by atoms with Crippen LogP contribution >= 0.6 is 0 Å². The Morgan fingerprint density at radius 1 is 1.00 bits per heavy atom. The number of aliphatic hydroxyl groups is 1. The Kier molecular flexibility index (Phi) is 6.48. The van der Waals surface area contributed by atoms with Gasteiger partial charge >= 0.3 is 5.97 Å². The van der Waals surface area contributed by atoms with E-state index in [1.54, 1.807) is 36.4 Å². The van der Waals surface area contributed by atoms with Crippen LogP contribution in [0.15, 0.2) is 66.7 Å². The van der Waals surface area contributed by atoms with Crippen LogP contribution in [0.3, 0.4) is 0 Å². The fourth-order valence-electron chi connectivity index (χ4n) is 1.99. The first-order valence-corrected chi connectivity index (χ1v) is 7.80. The van der Waals surface area contributed by atoms with Crippen molar-refractivity contribution in [2.45, 2.75) is 13.0 Å². The molecule has 0 aliphatic carbocycles. The Balaban J connectivity index is 1.85. The molecule has 0 saturated heterocycles. The van der Waals surface area contributed by atoms with Crippen LogP contribution in [0.1, 0.15) is 22.8 Å². The van der Waals surface area contributed by atoms with Gasteiger partial charge in [0, 0.05) is 16.7 Å². The molecule has 5 nitrogen and oxygen atoms in total. The van der Waals surface area contributed by atoms with E-state index in [9.17, 15) is 14.7 Å². The summed E-state index contributed by atoms with van der Waals surface area (Å²) in [7, 11) is 0. The van der Waals surface area contributed by atoms with Crippen molar-refractivity contribution in [1.29, 1.82) is 0 Å². The number of carbonyl (C=O) groups is 2. The van der Waals surface area contributed by atoms with E-state index in [1.807, 2.05) is 18.2 Å². The van der Waals surface area contributed by atoms with E-state index in [4.69, 9.17) is 9.47 Å². The average molecular weight is 340 g/mol. The van der Waals surface area contributed by atoms with Gasteiger partial charge in [0.15, 0.2) is 5.78 Å². The average Bonchev–Trinajstić information content (AvgIpc) is 2.64. The number of aliphatic hydroxyl groups excluding tert-OH is 1. The molecule has 5 heteroatoms. The van der Waals surface area contributed by atoms with Gasteiger partial charge in [-0.3, -0.25) is 4.79 Å². The van der Waals surface area contributed by atoms with Crippen molar-refractivity contribution in [2.24, 2.45) is 0 Å². The molecule has 25 heavy (non-hydrogen) atoms. The topological polar surface area (TPSA) is 72.8 Å². The Morgan fingerprint density at radius 2 is 1.60 bits per heavy atom. The summed E-state index contributed by atoms with van der Waals surface area (Å²) in [5, 5.41) is 9.75. The minimum absolute atomic E-state index is 0.0323. The van der Waals surface area contributed by atoms with Crippen molar-refractivity contribution < 1.29 is 24.2 Å². The van der Waals surface area contributed by atoms with Gasteiger partial charge in [0.2, 0.25) is 0 Å². The Bertz CT molecular complexity index is 734. The summed E-state index contributed by atoms with van der Waals surface area (Å²) in [4.78, 5) is 23.5. The van der Waals surface area contributed by atoms with E-state index < -0.39 is 12.1 Å². The molecular formula is C20H20O5. The fraction of sp³-hybridized carbons (Fsp3) is 0.200. The molecule has 2 rings (SSSR count). The summed E-state index contributed by atoms with van der Waals surface area (Å²) < 4.78 is 10.3. The first kappa shape index (κ1) is 18.4. The molecule has 0 bridgehead atoms. The van der Waals surface area contributed by atoms with Gasteiger partial charge in [-0.1, -0.05) is 36.9 Å². The molecule has 0 aliphatic rings. The Labute approximate surface area is 146 Å². The molecule has 1 unspecified atom stereocenters. The smallest absolute Gasteiger partial charge is 0.333 e. The number of benzene rings is 2. The molecule has 0 fully saturated rings. The highest BCUT2D eigenvalue weighted by Crippen LogP contribution is 2.15. The lowest BCUT2D eigenvalue weighted by molar-refractivity contribution is -0.142. The molecule has 2 aromatic carbocycles. The molecule has 0 radical (unpaired) electrons. The zero-order valence-corrected chi connectivity index (χ0v) is 14.0. The standard InChI is InChI=1S/C20H20O5/c1-14(2)20(23)25-13-17(21)12-24-18-10-8-16(9-11-18)19(22)15-6-4-3-5-7-15/h3-11,17,21H,1,12-13H2,2H3. The number of ketones is 1. The van der Waals surface area contributed by atoms with Crippen LogP contribution in [0.4, 0.5) is 0 Å². The number of esters is 1. The molecule has 1 N–H and O–H groups in total. The normalized spacial score (nSPS) is 11.4. The predicted octanol–water partition coefficient (Wildman–Crippen LogP) is 2.78. The predicted molar refractivity (Wildman–Crippen MR) is 93.6 cm³/mol. The molecule has 0 spiro atoms. The largest absolute Gasteiger partial charge is 0.491 e. The van der Waals surface area contributed by atoms with Crippen molar-refractivity contribution in [2.75, 3.05) is 13.2 Å². The summed E-state index contributed by atoms with van der Waals surface area (Å²) in [5.74, 6) is -0.114. The van der Waals surface area contributed by atoms with Gasteiger partial charge < -0.3 is 14.6 Å². The second-order valence-corrected chi connectivity index (χ2v) is 5.56. The third kappa shape index (κ3) is 5.58. The number of ether oxygens (including phenoxy) is 2. The molecular weight excluding hydrogens is 320 g/mol. The van der Waals surface area contributed by atoms with Crippen LogP contribution in [0, 0.1) is 0 Å². The number of hydrogen-bond acceptors (Lipinski definition) is 5. The molecule has 0 amide bonds. The maximum absolute atomic E-state index is 12.3. The van der Waals surface area contributed by atoms with E-state index in [1.165, 1.54) is 6.92 Å². The molecule has 0 saturated carbocycles. The highest BCUT2D eigenvalue weighted by atomic mass is 16.5. The summed E-state index contributed by atoms with van der Waals surface area (Å²) in [6.45, 7) is 4.78. The van der Waals surface area contributed by atoms with Gasteiger partial charge in [-0.25, -0.2) is 4.79 Å². The van der Waals surface area contributed by atoms with Crippen LogP contribution in [-0.4, -0.2) is 36.2 Å². The number of hydrogen-bond donors (Lipinski definition) is 1. The number of carbonyl (C=O) groups excluding carboxylic acids is 2. The van der Waals surface area contributed by atoms with Crippen molar-refractivity contribution in [3.63, 3.8) is 0 Å². The van der Waals surface area contributed by atoms with E-state index in [-0.39, 0.29) is 24.6 Å². The highest BCUT2D eigenvalue weighted by Gasteiger charge is 2.11. The molecule has 0 heterocycles. The minimum Gasteiger partial charge on any atom is -0.491 e. The Morgan fingerprint density at radius 3 is 2.20 bits per heavy atom. The zero-order chi connectivity index (χ0) is 18.2. The SMILES string of the molecule is C=C(C)C(=O)OCC(O)COc1ccc(C(=O)c2ccccc2)cc1. The van der Waals surface area contributed by atoms with E-state index in [2.05, 4.69) is 6.58 Å². The van der Waals surface area contributed by atoms with E-state index in [0.29, 0.717) is 16.9 Å². The van der Waals surface area contributed by atoms with Gasteiger partial charge in [-0.2, -0.15) is 0 Å². The lowest BCUT2D eigenvalue weighted by Gasteiger charge is -2.13. The van der Waals surface area contributed by atoms with Gasteiger partial charge in [0.05, 0.1) is 0 Å². The van der Waals surface area contributed by atoms with Crippen molar-refractivity contribution in [3.05, 3.63) is 77.9 Å². The summed E-state index contributed by atoms with van der Waals surface area (Å²) >= 11 is 0. The maximum Gasteiger partial charge on any atom is 0.333 e. The van der Waals surface area contributed by atoms with Crippen molar-refractivity contribution in [3.8, 4) is 5.75 Å². The third-order valence-corrected chi connectivity index (χ3v) is 3.35. The van der Waals surface area contributed by atoms with Crippen LogP contribution in [0.2, 0.25) is 0 Å². The summed E-state index contributed by atoms with van der Waals surface area (Å²) in [6, 6.07) is 15.6. The first-order valence-electron chi connectivity index (χ1n) is 7.80. The van der Waals surface area contributed by atoms with Crippen LogP contribution in [0.5, 0.6) is 5.75 Å². The van der Waals surface area contributed by atoms with Gasteiger partial charge in [-0.15, -0.1) is 0 Å². The van der Waals surface area contributed by atoms with Gasteiger partial charge in [-0.05, 0) is 31.2 Å². The second kappa shape index (κ2) is 8.80. The van der Waals surface area contributed by atoms with Crippen LogP contribution in [0.25, 0.3) is 0 Å². The van der Waals surface area contributed by atoms with E-state index >= 15 is 0 Å². The monoisotopic (exact) mass is 340 g/mol. The molecule has 0 aliphatic heterocycles. The first-order chi connectivity index (χ1) is 12.0. The van der Waals surface area contributed by atoms with Crippen LogP contribution < -0.4 is 4.74 Å². The minimum atomic E-state index is -0.950. The van der Waals surface area contributed by atoms with Crippen molar-refractivity contribution >= 4 is 11.8 Å². The number of rotatable bonds is 8. The van der Waals surface area contributed by atoms with E-state index in [0.717, 1.165) is 0 Å². The summed E-state index contributed by atoms with van der Waals surface area (Å²) in [5.41, 5.74) is 1.44. The lowest BCUT2D eigenvalue weighted by atomic mass is 10.0. The van der Waals surface area contributed by atoms with Gasteiger partial charge in [0.25, 0.3) is 0 Å². The summed E-state index contributed by atoms with van der Waals surface area (Å²) in [6.07, 6.45) is -0.950. The molecule has 130 valence electrons. The fourth-order valence-corrected chi connectivity index (χ4v) is 1.99. The second-order valence-electron chi connectivity index (χ2n) is 5.56. The highest BCUT2D eigenvalue weighted by molar-refractivity contribution is 6.08. The van der Waals surface area contributed by atoms with Crippen LogP contribution in [-0.2, 0) is 9.53 Å². The Hall–Kier alpha value is -2.92. The molecule has 2 aromatic rings. The lowest BCUT2D eigenvalue weighted by Crippen LogP contribution is -2.25. The molecule has 1 atom stereocenters. The quantitative estimate of drug-likeness (QED) is 0.454.